The lowest BCUT2D eigenvalue weighted by Crippen LogP contribution is -2.30. The third-order valence-corrected chi connectivity index (χ3v) is 3.45. The zero-order valence-corrected chi connectivity index (χ0v) is 9.91. The maximum Gasteiger partial charge on any atom is 0.324 e. The topological polar surface area (TPSA) is 50.2 Å². The van der Waals surface area contributed by atoms with Gasteiger partial charge in [-0.2, -0.15) is 0 Å². The minimum Gasteiger partial charge on any atom is -0.480 e. The van der Waals surface area contributed by atoms with Gasteiger partial charge >= 0.3 is 5.97 Å². The molecule has 0 aromatic carbocycles. The summed E-state index contributed by atoms with van der Waals surface area (Å²) >= 11 is 1.42. The van der Waals surface area contributed by atoms with E-state index in [-0.39, 0.29) is 5.25 Å². The van der Waals surface area contributed by atoms with Crippen molar-refractivity contribution < 1.29 is 9.90 Å². The molecule has 0 radical (unpaired) electrons. The Bertz CT molecular complexity index is 340. The summed E-state index contributed by atoms with van der Waals surface area (Å²) in [6.07, 6.45) is 3.26. The highest BCUT2D eigenvalue weighted by Gasteiger charge is 2.36. The smallest absolute Gasteiger partial charge is 0.324 e. The first-order valence-corrected chi connectivity index (χ1v) is 5.66. The first kappa shape index (κ1) is 12.0. The van der Waals surface area contributed by atoms with E-state index in [2.05, 4.69) is 4.98 Å². The minimum absolute atomic E-state index is 0.256. The van der Waals surface area contributed by atoms with Crippen molar-refractivity contribution in [3.05, 3.63) is 30.1 Å². The van der Waals surface area contributed by atoms with Gasteiger partial charge in [0, 0.05) is 17.6 Å². The molecule has 0 aliphatic heterocycles. The van der Waals surface area contributed by atoms with Crippen molar-refractivity contribution in [1.29, 1.82) is 0 Å². The number of carboxylic acids is 1. The Labute approximate surface area is 93.9 Å². The number of aliphatic carboxylic acids is 1. The van der Waals surface area contributed by atoms with E-state index in [9.17, 15) is 9.90 Å². The molecule has 1 atom stereocenters. The fraction of sp³-hybridized carbons (Fsp3) is 0.455. The second kappa shape index (κ2) is 4.66. The van der Waals surface area contributed by atoms with Crippen molar-refractivity contribution in [3.8, 4) is 0 Å². The molecular weight excluding hydrogens is 210 g/mol. The number of hydrogen-bond donors (Lipinski definition) is 1. The first-order chi connectivity index (χ1) is 6.97. The zero-order valence-electron chi connectivity index (χ0n) is 9.10. The van der Waals surface area contributed by atoms with Crippen LogP contribution in [0.1, 0.15) is 26.3 Å². The van der Waals surface area contributed by atoms with E-state index < -0.39 is 10.7 Å². The lowest BCUT2D eigenvalue weighted by Gasteiger charge is -2.26. The molecule has 0 saturated carbocycles. The van der Waals surface area contributed by atoms with Crippen molar-refractivity contribution in [3.63, 3.8) is 0 Å². The highest BCUT2D eigenvalue weighted by Crippen LogP contribution is 2.38. The average Bonchev–Trinajstić information content (AvgIpc) is 2.17. The molecular formula is C11H15NO2S. The molecule has 15 heavy (non-hydrogen) atoms. The molecule has 1 heterocycles. The highest BCUT2D eigenvalue weighted by molar-refractivity contribution is 8.01. The molecule has 1 aromatic rings. The van der Waals surface area contributed by atoms with Gasteiger partial charge in [0.2, 0.25) is 0 Å². The number of aromatic nitrogens is 1. The van der Waals surface area contributed by atoms with E-state index in [0.29, 0.717) is 0 Å². The molecule has 3 nitrogen and oxygen atoms in total. The quantitative estimate of drug-likeness (QED) is 0.855. The molecule has 1 rings (SSSR count). The summed E-state index contributed by atoms with van der Waals surface area (Å²) in [7, 11) is 0. The molecule has 0 aliphatic rings. The average molecular weight is 225 g/mol. The molecule has 1 N–H and O–H groups in total. The van der Waals surface area contributed by atoms with Gasteiger partial charge in [0.05, 0.1) is 0 Å². The van der Waals surface area contributed by atoms with Crippen LogP contribution in [-0.2, 0) is 9.54 Å². The Kier molecular flexibility index (Phi) is 3.74. The van der Waals surface area contributed by atoms with E-state index in [1.165, 1.54) is 11.8 Å². The van der Waals surface area contributed by atoms with Crippen molar-refractivity contribution in [2.45, 2.75) is 30.8 Å². The van der Waals surface area contributed by atoms with Crippen LogP contribution < -0.4 is 0 Å². The van der Waals surface area contributed by atoms with Crippen molar-refractivity contribution in [1.82, 2.24) is 4.98 Å². The van der Waals surface area contributed by atoms with Gasteiger partial charge in [0.15, 0.2) is 0 Å². The second-order valence-electron chi connectivity index (χ2n) is 3.75. The highest BCUT2D eigenvalue weighted by atomic mass is 32.2. The maximum atomic E-state index is 11.3. The van der Waals surface area contributed by atoms with Crippen LogP contribution in [0, 0.1) is 0 Å². The number of thioether (sulfide) groups is 1. The summed E-state index contributed by atoms with van der Waals surface area (Å²) in [4.78, 5) is 15.3. The van der Waals surface area contributed by atoms with Gasteiger partial charge in [-0.3, -0.25) is 9.78 Å². The van der Waals surface area contributed by atoms with E-state index in [0.717, 1.165) is 5.56 Å². The summed E-state index contributed by atoms with van der Waals surface area (Å²) in [5.41, 5.74) is 0.733. The minimum atomic E-state index is -0.914. The fourth-order valence-electron chi connectivity index (χ4n) is 1.36. The third-order valence-electron chi connectivity index (χ3n) is 2.09. The van der Waals surface area contributed by atoms with Crippen molar-refractivity contribution in [2.24, 2.45) is 0 Å². The lowest BCUT2D eigenvalue weighted by molar-refractivity contribution is -0.139. The van der Waals surface area contributed by atoms with E-state index >= 15 is 0 Å². The van der Waals surface area contributed by atoms with Crippen LogP contribution in [0.4, 0.5) is 0 Å². The molecule has 4 heteroatoms. The lowest BCUT2D eigenvalue weighted by atomic mass is 10.0. The molecule has 0 amide bonds. The number of carbonyl (C=O) groups is 1. The monoisotopic (exact) mass is 225 g/mol. The molecule has 0 spiro atoms. The van der Waals surface area contributed by atoms with Gasteiger partial charge in [-0.15, -0.1) is 11.8 Å². The second-order valence-corrected chi connectivity index (χ2v) is 5.74. The van der Waals surface area contributed by atoms with Gasteiger partial charge in [-0.05, 0) is 18.6 Å². The third kappa shape index (κ3) is 2.72. The Hall–Kier alpha value is -1.03. The number of rotatable bonds is 4. The molecule has 82 valence electrons. The maximum absolute atomic E-state index is 11.3. The summed E-state index contributed by atoms with van der Waals surface area (Å²) in [5, 5.41) is 9.54. The van der Waals surface area contributed by atoms with E-state index in [1.54, 1.807) is 31.5 Å². The predicted molar refractivity (Wildman–Crippen MR) is 62.0 cm³/mol. The van der Waals surface area contributed by atoms with E-state index in [1.807, 2.05) is 13.8 Å². The Morgan fingerprint density at radius 1 is 1.60 bits per heavy atom. The van der Waals surface area contributed by atoms with Crippen LogP contribution in [0.2, 0.25) is 0 Å². The van der Waals surface area contributed by atoms with Crippen molar-refractivity contribution in [2.75, 3.05) is 0 Å². The number of nitrogens with zero attached hydrogens (tertiary/aromatic N) is 1. The van der Waals surface area contributed by atoms with Crippen LogP contribution >= 0.6 is 11.8 Å². The molecule has 1 aromatic heterocycles. The van der Waals surface area contributed by atoms with Crippen LogP contribution in [0.15, 0.2) is 24.5 Å². The first-order valence-electron chi connectivity index (χ1n) is 4.78. The number of hydrogen-bond acceptors (Lipinski definition) is 3. The Balaban J connectivity index is 3.07. The Morgan fingerprint density at radius 3 is 2.67 bits per heavy atom. The molecule has 0 aliphatic carbocycles. The summed E-state index contributed by atoms with van der Waals surface area (Å²) in [6.45, 7) is 5.70. The standard InChI is InChI=1S/C11H15NO2S/c1-8(2)15-11(3,10(13)14)9-5-4-6-12-7-9/h4-8H,1-3H3,(H,13,14). The largest absolute Gasteiger partial charge is 0.480 e. The number of pyridine rings is 1. The normalized spacial score (nSPS) is 14.9. The van der Waals surface area contributed by atoms with Gasteiger partial charge in [0.1, 0.15) is 4.75 Å². The predicted octanol–water partition coefficient (Wildman–Crippen LogP) is 2.52. The Morgan fingerprint density at radius 2 is 2.27 bits per heavy atom. The van der Waals surface area contributed by atoms with Crippen LogP contribution in [0.25, 0.3) is 0 Å². The SMILES string of the molecule is CC(C)SC(C)(C(=O)O)c1cccnc1. The summed E-state index contributed by atoms with van der Waals surface area (Å²) in [5.74, 6) is -0.825. The summed E-state index contributed by atoms with van der Waals surface area (Å²) in [6, 6.07) is 3.56. The zero-order chi connectivity index (χ0) is 11.5. The van der Waals surface area contributed by atoms with Gasteiger partial charge in [0.25, 0.3) is 0 Å². The molecule has 0 fully saturated rings. The fourth-order valence-corrected chi connectivity index (χ4v) is 2.66. The summed E-state index contributed by atoms with van der Waals surface area (Å²) < 4.78 is -0.914. The van der Waals surface area contributed by atoms with Gasteiger partial charge in [-0.1, -0.05) is 19.9 Å². The number of carboxylic acid groups (broad SMARTS) is 1. The van der Waals surface area contributed by atoms with Crippen LogP contribution in [-0.4, -0.2) is 21.3 Å². The molecule has 1 unspecified atom stereocenters. The van der Waals surface area contributed by atoms with Crippen molar-refractivity contribution >= 4 is 17.7 Å². The molecule has 0 saturated heterocycles. The van der Waals surface area contributed by atoms with E-state index in [4.69, 9.17) is 0 Å². The van der Waals surface area contributed by atoms with Crippen LogP contribution in [0.5, 0.6) is 0 Å². The van der Waals surface area contributed by atoms with Gasteiger partial charge in [-0.25, -0.2) is 0 Å². The van der Waals surface area contributed by atoms with Gasteiger partial charge < -0.3 is 5.11 Å². The van der Waals surface area contributed by atoms with Crippen LogP contribution in [0.3, 0.4) is 0 Å². The molecule has 0 bridgehead atoms.